The summed E-state index contributed by atoms with van der Waals surface area (Å²) in [5, 5.41) is 19.2. The van der Waals surface area contributed by atoms with Crippen molar-refractivity contribution in [2.45, 2.75) is 24.8 Å². The Labute approximate surface area is 156 Å². The van der Waals surface area contributed by atoms with Gasteiger partial charge in [-0.2, -0.15) is 0 Å². The van der Waals surface area contributed by atoms with E-state index in [1.807, 2.05) is 48.5 Å². The van der Waals surface area contributed by atoms with Crippen molar-refractivity contribution in [3.63, 3.8) is 0 Å². The van der Waals surface area contributed by atoms with Crippen LogP contribution in [0.2, 0.25) is 0 Å². The Hall–Kier alpha value is -3.35. The van der Waals surface area contributed by atoms with E-state index in [9.17, 15) is 24.6 Å². The van der Waals surface area contributed by atoms with Crippen molar-refractivity contribution in [3.8, 4) is 11.1 Å². The molecule has 0 heterocycles. The Morgan fingerprint density at radius 2 is 1.48 bits per heavy atom. The van der Waals surface area contributed by atoms with Crippen LogP contribution in [0, 0.1) is 0 Å². The molecular weight excluding hydrogens is 348 g/mol. The van der Waals surface area contributed by atoms with Gasteiger partial charge in [0, 0.05) is 18.9 Å². The first-order valence-corrected chi connectivity index (χ1v) is 8.59. The zero-order chi connectivity index (χ0) is 19.6. The fraction of sp³-hybridized carbons (Fsp3) is 0.250. The monoisotopic (exact) mass is 368 g/mol. The highest BCUT2D eigenvalue weighted by atomic mass is 16.4. The fourth-order valence-electron chi connectivity index (χ4n) is 3.68. The summed E-state index contributed by atoms with van der Waals surface area (Å²) in [7, 11) is 0. The van der Waals surface area contributed by atoms with E-state index in [2.05, 4.69) is 0 Å². The van der Waals surface area contributed by atoms with Crippen molar-refractivity contribution in [2.75, 3.05) is 6.54 Å². The molecule has 0 aliphatic heterocycles. The molecular formula is C20H20N2O5. The maximum atomic E-state index is 11.8. The lowest BCUT2D eigenvalue weighted by atomic mass is 9.95. The standard InChI is InChI=1S/C20H20N2O5/c21-18(23)10-9-17(19(24)25)22(20(26)27)11-16-14-7-3-1-5-12(14)13-6-2-4-8-15(13)16/h1-8,16-17H,9-11H2,(H2,21,23)(H,24,25)(H,26,27)/t17-/m1/s1. The minimum absolute atomic E-state index is 0.0148. The minimum Gasteiger partial charge on any atom is -0.480 e. The first kappa shape index (κ1) is 18.4. The number of nitrogens with two attached hydrogens (primary N) is 1. The maximum Gasteiger partial charge on any atom is 0.408 e. The van der Waals surface area contributed by atoms with Gasteiger partial charge in [-0.05, 0) is 28.7 Å². The lowest BCUT2D eigenvalue weighted by Crippen LogP contribution is -2.46. The number of primary amides is 1. The summed E-state index contributed by atoms with van der Waals surface area (Å²) in [5.74, 6) is -2.23. The normalized spacial score (nSPS) is 13.5. The number of carbonyl (C=O) groups excluding carboxylic acids is 1. The summed E-state index contributed by atoms with van der Waals surface area (Å²) in [6.45, 7) is -0.0148. The van der Waals surface area contributed by atoms with Gasteiger partial charge in [0.2, 0.25) is 5.91 Å². The van der Waals surface area contributed by atoms with E-state index < -0.39 is 24.0 Å². The van der Waals surface area contributed by atoms with Gasteiger partial charge in [0.25, 0.3) is 0 Å². The highest BCUT2D eigenvalue weighted by Gasteiger charge is 2.36. The van der Waals surface area contributed by atoms with Gasteiger partial charge >= 0.3 is 12.1 Å². The molecule has 0 aromatic heterocycles. The number of hydrogen-bond acceptors (Lipinski definition) is 3. The van der Waals surface area contributed by atoms with Crippen LogP contribution < -0.4 is 5.73 Å². The molecule has 1 aliphatic carbocycles. The highest BCUT2D eigenvalue weighted by Crippen LogP contribution is 2.45. The van der Waals surface area contributed by atoms with Crippen LogP contribution in [-0.4, -0.2) is 45.7 Å². The number of aliphatic carboxylic acids is 1. The second-order valence-electron chi connectivity index (χ2n) is 6.52. The lowest BCUT2D eigenvalue weighted by Gasteiger charge is -2.29. The molecule has 0 fully saturated rings. The van der Waals surface area contributed by atoms with Crippen molar-refractivity contribution in [2.24, 2.45) is 5.73 Å². The molecule has 2 aromatic rings. The van der Waals surface area contributed by atoms with Crippen LogP contribution in [0.1, 0.15) is 29.9 Å². The van der Waals surface area contributed by atoms with Crippen LogP contribution in [0.4, 0.5) is 4.79 Å². The average Bonchev–Trinajstić information content (AvgIpc) is 2.94. The molecule has 140 valence electrons. The van der Waals surface area contributed by atoms with Gasteiger partial charge in [-0.1, -0.05) is 48.5 Å². The van der Waals surface area contributed by atoms with E-state index in [1.54, 1.807) is 0 Å². The summed E-state index contributed by atoms with van der Waals surface area (Å²) in [6.07, 6.45) is -1.69. The first-order chi connectivity index (χ1) is 12.9. The number of carboxylic acid groups (broad SMARTS) is 2. The smallest absolute Gasteiger partial charge is 0.408 e. The Kier molecular flexibility index (Phi) is 5.12. The van der Waals surface area contributed by atoms with Crippen LogP contribution in [0.15, 0.2) is 48.5 Å². The van der Waals surface area contributed by atoms with Crippen LogP contribution >= 0.6 is 0 Å². The van der Waals surface area contributed by atoms with Gasteiger partial charge in [-0.15, -0.1) is 0 Å². The van der Waals surface area contributed by atoms with Crippen LogP contribution in [0.5, 0.6) is 0 Å². The summed E-state index contributed by atoms with van der Waals surface area (Å²) in [6, 6.07) is 14.1. The molecule has 0 radical (unpaired) electrons. The van der Waals surface area contributed by atoms with Crippen LogP contribution in [-0.2, 0) is 9.59 Å². The van der Waals surface area contributed by atoms with Gasteiger partial charge in [0.1, 0.15) is 6.04 Å². The van der Waals surface area contributed by atoms with Crippen molar-refractivity contribution in [1.29, 1.82) is 0 Å². The third kappa shape index (κ3) is 3.62. The van der Waals surface area contributed by atoms with Gasteiger partial charge in [-0.3, -0.25) is 9.69 Å². The summed E-state index contributed by atoms with van der Waals surface area (Å²) in [5.41, 5.74) is 9.08. The molecule has 1 aliphatic rings. The van der Waals surface area contributed by atoms with Crippen molar-refractivity contribution in [3.05, 3.63) is 59.7 Å². The lowest BCUT2D eigenvalue weighted by molar-refractivity contribution is -0.143. The maximum absolute atomic E-state index is 11.8. The quantitative estimate of drug-likeness (QED) is 0.693. The largest absolute Gasteiger partial charge is 0.480 e. The van der Waals surface area contributed by atoms with E-state index in [-0.39, 0.29) is 25.3 Å². The topological polar surface area (TPSA) is 121 Å². The first-order valence-electron chi connectivity index (χ1n) is 8.59. The van der Waals surface area contributed by atoms with Crippen LogP contribution in [0.25, 0.3) is 11.1 Å². The predicted molar refractivity (Wildman–Crippen MR) is 98.3 cm³/mol. The summed E-state index contributed by atoms with van der Waals surface area (Å²) >= 11 is 0. The molecule has 7 nitrogen and oxygen atoms in total. The molecule has 0 saturated heterocycles. The van der Waals surface area contributed by atoms with Gasteiger partial charge in [0.15, 0.2) is 0 Å². The van der Waals surface area contributed by atoms with Gasteiger partial charge in [0.05, 0.1) is 0 Å². The zero-order valence-corrected chi connectivity index (χ0v) is 14.5. The second kappa shape index (κ2) is 7.49. The number of fused-ring (bicyclic) bond motifs is 3. The Bertz CT molecular complexity index is 850. The second-order valence-corrected chi connectivity index (χ2v) is 6.52. The van der Waals surface area contributed by atoms with Crippen molar-refractivity contribution < 1.29 is 24.6 Å². The Morgan fingerprint density at radius 1 is 0.963 bits per heavy atom. The number of rotatable bonds is 7. The summed E-state index contributed by atoms with van der Waals surface area (Å²) < 4.78 is 0. The van der Waals surface area contributed by atoms with Gasteiger partial charge in [-0.25, -0.2) is 9.59 Å². The van der Waals surface area contributed by atoms with E-state index in [1.165, 1.54) is 0 Å². The zero-order valence-electron chi connectivity index (χ0n) is 14.5. The Balaban J connectivity index is 1.96. The highest BCUT2D eigenvalue weighted by molar-refractivity contribution is 5.82. The average molecular weight is 368 g/mol. The molecule has 0 saturated carbocycles. The van der Waals surface area contributed by atoms with Crippen molar-refractivity contribution in [1.82, 2.24) is 4.90 Å². The molecule has 0 spiro atoms. The number of carbonyl (C=O) groups is 3. The molecule has 2 aromatic carbocycles. The Morgan fingerprint density at radius 3 is 1.93 bits per heavy atom. The van der Waals surface area contributed by atoms with E-state index >= 15 is 0 Å². The number of benzene rings is 2. The molecule has 3 rings (SSSR count). The molecule has 1 atom stereocenters. The van der Waals surface area contributed by atoms with Crippen LogP contribution in [0.3, 0.4) is 0 Å². The molecule has 27 heavy (non-hydrogen) atoms. The van der Waals surface area contributed by atoms with Crippen molar-refractivity contribution >= 4 is 18.0 Å². The fourth-order valence-corrected chi connectivity index (χ4v) is 3.68. The van der Waals surface area contributed by atoms with E-state index in [0.29, 0.717) is 0 Å². The predicted octanol–water partition coefficient (Wildman–Crippen LogP) is 2.50. The molecule has 7 heteroatoms. The van der Waals surface area contributed by atoms with E-state index in [0.717, 1.165) is 27.2 Å². The number of hydrogen-bond donors (Lipinski definition) is 3. The SMILES string of the molecule is NC(=O)CC[C@H](C(=O)O)N(CC1c2ccccc2-c2ccccc21)C(=O)O. The minimum atomic E-state index is -1.34. The molecule has 0 unspecified atom stereocenters. The third-order valence-electron chi connectivity index (χ3n) is 4.91. The summed E-state index contributed by atoms with van der Waals surface area (Å²) in [4.78, 5) is 35.5. The number of amides is 2. The van der Waals surface area contributed by atoms with E-state index in [4.69, 9.17) is 5.73 Å². The number of carboxylic acids is 1. The third-order valence-corrected chi connectivity index (χ3v) is 4.91. The number of nitrogens with zero attached hydrogens (tertiary/aromatic N) is 1. The van der Waals surface area contributed by atoms with Gasteiger partial charge < -0.3 is 15.9 Å². The molecule has 2 amide bonds. The molecule has 4 N–H and O–H groups in total. The molecule has 0 bridgehead atoms.